The van der Waals surface area contributed by atoms with Crippen LogP contribution >= 0.6 is 0 Å². The van der Waals surface area contributed by atoms with Gasteiger partial charge >= 0.3 is 0 Å². The van der Waals surface area contributed by atoms with Crippen LogP contribution in [0.1, 0.15) is 28.7 Å². The van der Waals surface area contributed by atoms with E-state index >= 15 is 0 Å². The number of rotatable bonds is 3. The van der Waals surface area contributed by atoms with Crippen molar-refractivity contribution in [2.45, 2.75) is 38.3 Å². The molecule has 1 saturated carbocycles. The Morgan fingerprint density at radius 2 is 1.68 bits per heavy atom. The Bertz CT molecular complexity index is 1480. The molecule has 3 aliphatic rings. The van der Waals surface area contributed by atoms with Crippen molar-refractivity contribution in [3.63, 3.8) is 0 Å². The van der Waals surface area contributed by atoms with E-state index in [4.69, 9.17) is 5.73 Å². The van der Waals surface area contributed by atoms with Gasteiger partial charge in [0, 0.05) is 11.5 Å². The fourth-order valence-electron chi connectivity index (χ4n) is 6.64. The molecule has 6 N–H and O–H groups in total. The molecule has 0 aliphatic heterocycles. The first-order valence-corrected chi connectivity index (χ1v) is 12.4. The summed E-state index contributed by atoms with van der Waals surface area (Å²) in [7, 11) is 3.15. The summed E-state index contributed by atoms with van der Waals surface area (Å²) in [5, 5.41) is 44.8. The number of carbonyl (C=O) groups excluding carboxylic acids is 3. The maximum Gasteiger partial charge on any atom is 0.255 e. The van der Waals surface area contributed by atoms with Gasteiger partial charge in [0.05, 0.1) is 11.6 Å². The predicted octanol–water partition coefficient (Wildman–Crippen LogP) is 2.25. The van der Waals surface area contributed by atoms with E-state index in [2.05, 4.69) is 0 Å². The molecule has 2 aromatic carbocycles. The van der Waals surface area contributed by atoms with E-state index in [0.29, 0.717) is 5.56 Å². The van der Waals surface area contributed by atoms with Crippen LogP contribution in [0.3, 0.4) is 0 Å². The van der Waals surface area contributed by atoms with E-state index in [1.54, 1.807) is 20.2 Å². The van der Waals surface area contributed by atoms with Crippen molar-refractivity contribution >= 4 is 23.2 Å². The number of benzene rings is 2. The summed E-state index contributed by atoms with van der Waals surface area (Å²) in [4.78, 5) is 40.7. The van der Waals surface area contributed by atoms with Gasteiger partial charge in [0.15, 0.2) is 11.4 Å². The van der Waals surface area contributed by atoms with E-state index in [9.17, 15) is 34.8 Å². The van der Waals surface area contributed by atoms with Crippen LogP contribution in [0.2, 0.25) is 0 Å². The van der Waals surface area contributed by atoms with Crippen LogP contribution in [0.4, 0.5) is 0 Å². The summed E-state index contributed by atoms with van der Waals surface area (Å²) in [5.74, 6) is -6.61. The monoisotopic (exact) mass is 518 g/mol. The number of aliphatic hydroxyl groups is 3. The van der Waals surface area contributed by atoms with Gasteiger partial charge in [0.1, 0.15) is 22.8 Å². The minimum atomic E-state index is -2.65. The van der Waals surface area contributed by atoms with Crippen LogP contribution in [-0.4, -0.2) is 68.5 Å². The first kappa shape index (κ1) is 25.7. The number of phenolic OH excluding ortho intramolecular Hbond substituents is 1. The van der Waals surface area contributed by atoms with E-state index in [1.807, 2.05) is 32.0 Å². The number of likely N-dealkylation sites (N-methyl/N-ethyl adjacent to an activating group) is 1. The van der Waals surface area contributed by atoms with Gasteiger partial charge in [-0.05, 0) is 69.5 Å². The van der Waals surface area contributed by atoms with Crippen molar-refractivity contribution in [3.05, 3.63) is 69.5 Å². The lowest BCUT2D eigenvalue weighted by atomic mass is 9.57. The first-order valence-electron chi connectivity index (χ1n) is 12.4. The summed E-state index contributed by atoms with van der Waals surface area (Å²) in [6.07, 6.45) is 0.291. The van der Waals surface area contributed by atoms with Crippen LogP contribution in [0.25, 0.3) is 16.9 Å². The molecule has 5 rings (SSSR count). The smallest absolute Gasteiger partial charge is 0.255 e. The molecule has 1 amide bonds. The number of aryl methyl sites for hydroxylation is 2. The quantitative estimate of drug-likeness (QED) is 0.387. The molecule has 2 aromatic rings. The van der Waals surface area contributed by atoms with Crippen LogP contribution in [-0.2, 0) is 20.8 Å². The Labute approximate surface area is 219 Å². The third kappa shape index (κ3) is 3.42. The molecule has 0 heterocycles. The van der Waals surface area contributed by atoms with E-state index in [0.717, 1.165) is 22.3 Å². The number of aliphatic hydroxyl groups excluding tert-OH is 2. The molecule has 9 nitrogen and oxygen atoms in total. The summed E-state index contributed by atoms with van der Waals surface area (Å²) in [6.45, 7) is 3.95. The lowest BCUT2D eigenvalue weighted by molar-refractivity contribution is -0.153. The summed E-state index contributed by atoms with van der Waals surface area (Å²) in [5.41, 5.74) is 6.19. The highest BCUT2D eigenvalue weighted by atomic mass is 16.3. The average Bonchev–Trinajstić information content (AvgIpc) is 2.80. The van der Waals surface area contributed by atoms with Gasteiger partial charge in [-0.15, -0.1) is 0 Å². The zero-order chi connectivity index (χ0) is 27.8. The predicted molar refractivity (Wildman–Crippen MR) is 139 cm³/mol. The zero-order valence-corrected chi connectivity index (χ0v) is 21.6. The van der Waals surface area contributed by atoms with Gasteiger partial charge in [-0.2, -0.15) is 0 Å². The number of Topliss-reactive ketones (excluding diaryl/α,β-unsaturated/α-hetero) is 2. The fourth-order valence-corrected chi connectivity index (χ4v) is 6.64. The molecule has 0 radical (unpaired) electrons. The fraction of sp³-hybridized carbons (Fsp3) is 0.345. The second-order valence-electron chi connectivity index (χ2n) is 10.8. The van der Waals surface area contributed by atoms with Crippen LogP contribution in [0.5, 0.6) is 5.75 Å². The van der Waals surface area contributed by atoms with E-state index < -0.39 is 58.0 Å². The Kier molecular flexibility index (Phi) is 5.77. The van der Waals surface area contributed by atoms with Crippen molar-refractivity contribution < 1.29 is 34.8 Å². The Morgan fingerprint density at radius 1 is 1.05 bits per heavy atom. The lowest BCUT2D eigenvalue weighted by Gasteiger charge is -2.50. The summed E-state index contributed by atoms with van der Waals surface area (Å²) in [6, 6.07) is 8.12. The number of nitrogens with two attached hydrogens (primary N) is 1. The molecular formula is C29H30N2O7. The number of carbonyl (C=O) groups is 3. The van der Waals surface area contributed by atoms with Crippen molar-refractivity contribution in [2.75, 3.05) is 14.1 Å². The van der Waals surface area contributed by atoms with Crippen molar-refractivity contribution in [1.29, 1.82) is 0 Å². The Hall–Kier alpha value is -3.95. The largest absolute Gasteiger partial charge is 0.508 e. The SMILES string of the molecule is Cc1cc(C)cc(-c2ccc(O)c3c2C[C@@H]2C[C@H]4[C@H](N(C)C)C(=O)C(C(N)=O)=C(O)[C@]4(O)C(=O)C2=C3O)c1. The summed E-state index contributed by atoms with van der Waals surface area (Å²) >= 11 is 0. The zero-order valence-electron chi connectivity index (χ0n) is 21.6. The molecule has 0 aromatic heterocycles. The molecule has 198 valence electrons. The molecule has 0 unspecified atom stereocenters. The maximum absolute atomic E-state index is 13.9. The van der Waals surface area contributed by atoms with Gasteiger partial charge in [-0.1, -0.05) is 35.4 Å². The molecule has 38 heavy (non-hydrogen) atoms. The number of fused-ring (bicyclic) bond motifs is 3. The second-order valence-corrected chi connectivity index (χ2v) is 10.8. The van der Waals surface area contributed by atoms with Gasteiger partial charge in [-0.3, -0.25) is 19.3 Å². The van der Waals surface area contributed by atoms with Crippen LogP contribution in [0.15, 0.2) is 47.2 Å². The third-order valence-corrected chi connectivity index (χ3v) is 8.14. The molecule has 4 atom stereocenters. The molecule has 3 aliphatic carbocycles. The number of hydrogen-bond donors (Lipinski definition) is 5. The Morgan fingerprint density at radius 3 is 2.26 bits per heavy atom. The molecule has 0 bridgehead atoms. The molecule has 0 spiro atoms. The molecular weight excluding hydrogens is 488 g/mol. The van der Waals surface area contributed by atoms with Crippen LogP contribution in [0, 0.1) is 25.7 Å². The number of ketones is 2. The van der Waals surface area contributed by atoms with Gasteiger partial charge < -0.3 is 26.2 Å². The highest BCUT2D eigenvalue weighted by Gasteiger charge is 2.64. The normalized spacial score (nSPS) is 26.8. The highest BCUT2D eigenvalue weighted by molar-refractivity contribution is 6.24. The van der Waals surface area contributed by atoms with Crippen molar-refractivity contribution in [3.8, 4) is 16.9 Å². The molecule has 1 fully saturated rings. The van der Waals surface area contributed by atoms with Gasteiger partial charge in [0.2, 0.25) is 5.78 Å². The van der Waals surface area contributed by atoms with Crippen molar-refractivity contribution in [2.24, 2.45) is 17.6 Å². The Balaban J connectivity index is 1.75. The number of primary amides is 1. The number of hydrogen-bond acceptors (Lipinski definition) is 8. The number of aromatic hydroxyl groups is 1. The first-order chi connectivity index (χ1) is 17.8. The van der Waals surface area contributed by atoms with Gasteiger partial charge in [-0.25, -0.2) is 0 Å². The van der Waals surface area contributed by atoms with Crippen molar-refractivity contribution in [1.82, 2.24) is 4.90 Å². The standard InChI is InChI=1S/C29H30N2O7/c1-12-7-13(2)9-14(8-12)16-5-6-19(32)21-17(16)10-15-11-18-23(31(3)4)25(34)22(28(30)37)27(36)29(18,38)26(35)20(15)24(21)33/h5-9,15,18,23,32-33,36,38H,10-11H2,1-4H3,(H2,30,37)/t15-,18+,23+,29-/m1/s1. The maximum atomic E-state index is 13.9. The molecule has 0 saturated heterocycles. The second kappa shape index (κ2) is 8.54. The summed E-state index contributed by atoms with van der Waals surface area (Å²) < 4.78 is 0. The van der Waals surface area contributed by atoms with E-state index in [-0.39, 0.29) is 29.7 Å². The minimum absolute atomic E-state index is 0.0493. The average molecular weight is 519 g/mol. The topological polar surface area (TPSA) is 161 Å². The molecule has 9 heteroatoms. The third-order valence-electron chi connectivity index (χ3n) is 8.14. The minimum Gasteiger partial charge on any atom is -0.508 e. The number of nitrogens with zero attached hydrogens (tertiary/aromatic N) is 1. The van der Waals surface area contributed by atoms with Crippen LogP contribution < -0.4 is 5.73 Å². The van der Waals surface area contributed by atoms with Gasteiger partial charge in [0.25, 0.3) is 5.91 Å². The highest BCUT2D eigenvalue weighted by Crippen LogP contribution is 2.53. The number of amides is 1. The number of phenols is 1. The van der Waals surface area contributed by atoms with E-state index in [1.165, 1.54) is 11.0 Å². The lowest BCUT2D eigenvalue weighted by Crippen LogP contribution is -2.65.